The van der Waals surface area contributed by atoms with Gasteiger partial charge >= 0.3 is 0 Å². The van der Waals surface area contributed by atoms with Crippen LogP contribution in [0.25, 0.3) is 0 Å². The highest BCUT2D eigenvalue weighted by molar-refractivity contribution is 5.85. The first-order valence-electron chi connectivity index (χ1n) is 9.43. The molecule has 2 fully saturated rings. The monoisotopic (exact) mass is 404 g/mol. The summed E-state index contributed by atoms with van der Waals surface area (Å²) in [6, 6.07) is 8.74. The minimum absolute atomic E-state index is 0. The third-order valence-electron chi connectivity index (χ3n) is 5.68. The van der Waals surface area contributed by atoms with Crippen LogP contribution in [0.4, 0.5) is 0 Å². The van der Waals surface area contributed by atoms with E-state index in [0.29, 0.717) is 5.41 Å². The summed E-state index contributed by atoms with van der Waals surface area (Å²) in [6.45, 7) is 11.0. The van der Waals surface area contributed by atoms with Gasteiger partial charge in [0.15, 0.2) is 0 Å². The van der Waals surface area contributed by atoms with Crippen molar-refractivity contribution in [1.29, 1.82) is 0 Å². The van der Waals surface area contributed by atoms with Gasteiger partial charge in [-0.3, -0.25) is 4.90 Å². The van der Waals surface area contributed by atoms with Crippen LogP contribution in [0.3, 0.4) is 0 Å². The smallest absolute Gasteiger partial charge is 0.119 e. The van der Waals surface area contributed by atoms with Gasteiger partial charge in [0, 0.05) is 38.1 Å². The van der Waals surface area contributed by atoms with E-state index in [1.54, 1.807) is 7.11 Å². The van der Waals surface area contributed by atoms with Crippen molar-refractivity contribution in [3.8, 4) is 5.75 Å². The number of hydrogen-bond donors (Lipinski definition) is 0. The Kier molecular flexibility index (Phi) is 10.3. The molecule has 0 aromatic heterocycles. The summed E-state index contributed by atoms with van der Waals surface area (Å²) in [5.41, 5.74) is 1.76. The molecule has 0 aliphatic carbocycles. The number of methoxy groups -OCH3 is 1. The lowest BCUT2D eigenvalue weighted by Crippen LogP contribution is -2.41. The maximum absolute atomic E-state index is 5.46. The minimum Gasteiger partial charge on any atom is -0.497 e. The minimum atomic E-state index is 0. The fourth-order valence-electron chi connectivity index (χ4n) is 4.27. The molecule has 2 aliphatic heterocycles. The topological polar surface area (TPSA) is 24.9 Å². The van der Waals surface area contributed by atoms with Crippen LogP contribution in [-0.2, 0) is 10.2 Å². The molecule has 0 bridgehead atoms. The van der Waals surface area contributed by atoms with Crippen molar-refractivity contribution in [2.24, 2.45) is 0 Å². The van der Waals surface area contributed by atoms with Gasteiger partial charge in [-0.2, -0.15) is 0 Å². The molecule has 1 atom stereocenters. The van der Waals surface area contributed by atoms with E-state index in [2.05, 4.69) is 34.9 Å². The molecule has 4 nitrogen and oxygen atoms in total. The van der Waals surface area contributed by atoms with E-state index in [0.717, 1.165) is 32.1 Å². The zero-order chi connectivity index (χ0) is 16.8. The lowest BCUT2D eigenvalue weighted by Gasteiger charge is -2.32. The Balaban J connectivity index is 0.00000169. The first kappa shape index (κ1) is 23.5. The molecule has 1 aromatic carbocycles. The average molecular weight is 405 g/mol. The molecule has 0 radical (unpaired) electrons. The number of rotatable bonds is 7. The largest absolute Gasteiger partial charge is 0.497 e. The predicted octanol–water partition coefficient (Wildman–Crippen LogP) is 3.61. The fourth-order valence-corrected chi connectivity index (χ4v) is 4.27. The summed E-state index contributed by atoms with van der Waals surface area (Å²) in [5.74, 6) is 0.981. The van der Waals surface area contributed by atoms with Gasteiger partial charge in [-0.25, -0.2) is 0 Å². The molecule has 2 heterocycles. The van der Waals surface area contributed by atoms with Gasteiger partial charge < -0.3 is 14.4 Å². The van der Waals surface area contributed by atoms with E-state index >= 15 is 0 Å². The fraction of sp³-hybridized carbons (Fsp3) is 0.700. The number of benzene rings is 1. The van der Waals surface area contributed by atoms with Crippen molar-refractivity contribution in [2.45, 2.75) is 31.6 Å². The highest BCUT2D eigenvalue weighted by atomic mass is 35.5. The van der Waals surface area contributed by atoms with Crippen LogP contribution >= 0.6 is 24.8 Å². The normalized spacial score (nSPS) is 23.9. The highest BCUT2D eigenvalue weighted by Gasteiger charge is 2.38. The quantitative estimate of drug-likeness (QED) is 0.692. The van der Waals surface area contributed by atoms with Crippen LogP contribution in [0.15, 0.2) is 24.3 Å². The predicted molar refractivity (Wildman–Crippen MR) is 112 cm³/mol. The van der Waals surface area contributed by atoms with Crippen molar-refractivity contribution < 1.29 is 9.47 Å². The zero-order valence-electron chi connectivity index (χ0n) is 16.1. The van der Waals surface area contributed by atoms with E-state index in [9.17, 15) is 0 Å². The number of likely N-dealkylation sites (tertiary alicyclic amines) is 1. The average Bonchev–Trinajstić information content (AvgIpc) is 3.06. The number of nitrogens with zero attached hydrogens (tertiary/aromatic N) is 2. The third-order valence-corrected chi connectivity index (χ3v) is 5.68. The van der Waals surface area contributed by atoms with Crippen LogP contribution in [0, 0.1) is 0 Å². The van der Waals surface area contributed by atoms with Gasteiger partial charge in [0.2, 0.25) is 0 Å². The first-order valence-corrected chi connectivity index (χ1v) is 9.43. The van der Waals surface area contributed by atoms with E-state index < -0.39 is 0 Å². The lowest BCUT2D eigenvalue weighted by atomic mass is 9.76. The first-order chi connectivity index (χ1) is 11.8. The Morgan fingerprint density at radius 3 is 2.50 bits per heavy atom. The molecular weight excluding hydrogens is 371 g/mol. The Bertz CT molecular complexity index is 526. The Hall–Kier alpha value is -0.520. The number of morpholine rings is 1. The standard InChI is InChI=1S/C20H32N2O2.2ClH/c1-3-7-20(18-5-4-6-19(16-18)23-2)8-9-22(17-20)11-10-21-12-14-24-15-13-21;;/h4-6,16H,3,7-15,17H2,1-2H3;2*1H. The van der Waals surface area contributed by atoms with Crippen molar-refractivity contribution in [3.63, 3.8) is 0 Å². The van der Waals surface area contributed by atoms with Gasteiger partial charge in [0.05, 0.1) is 20.3 Å². The lowest BCUT2D eigenvalue weighted by molar-refractivity contribution is 0.0341. The summed E-state index contributed by atoms with van der Waals surface area (Å²) in [4.78, 5) is 5.19. The molecular formula is C20H34Cl2N2O2. The second-order valence-corrected chi connectivity index (χ2v) is 7.24. The van der Waals surface area contributed by atoms with E-state index in [1.165, 1.54) is 51.0 Å². The molecule has 1 aromatic rings. The van der Waals surface area contributed by atoms with Crippen LogP contribution in [0.1, 0.15) is 31.7 Å². The SMILES string of the molecule is CCCC1(c2cccc(OC)c2)CCN(CCN2CCOCC2)C1.Cl.Cl. The third kappa shape index (κ3) is 5.74. The molecule has 150 valence electrons. The molecule has 2 saturated heterocycles. The maximum Gasteiger partial charge on any atom is 0.119 e. The summed E-state index contributed by atoms with van der Waals surface area (Å²) in [5, 5.41) is 0. The maximum atomic E-state index is 5.46. The van der Waals surface area contributed by atoms with Gasteiger partial charge in [-0.05, 0) is 37.1 Å². The van der Waals surface area contributed by atoms with Gasteiger partial charge in [0.25, 0.3) is 0 Å². The van der Waals surface area contributed by atoms with Gasteiger partial charge in [-0.1, -0.05) is 25.5 Å². The number of hydrogen-bond acceptors (Lipinski definition) is 4. The van der Waals surface area contributed by atoms with Crippen LogP contribution in [-0.4, -0.2) is 69.4 Å². The number of ether oxygens (including phenoxy) is 2. The van der Waals surface area contributed by atoms with E-state index in [1.807, 2.05) is 6.07 Å². The second-order valence-electron chi connectivity index (χ2n) is 7.24. The van der Waals surface area contributed by atoms with Crippen LogP contribution in [0.2, 0.25) is 0 Å². The molecule has 0 spiro atoms. The van der Waals surface area contributed by atoms with E-state index in [4.69, 9.17) is 9.47 Å². The Labute approximate surface area is 171 Å². The van der Waals surface area contributed by atoms with Crippen molar-refractivity contribution in [1.82, 2.24) is 9.80 Å². The molecule has 3 rings (SSSR count). The number of halogens is 2. The van der Waals surface area contributed by atoms with Crippen molar-refractivity contribution in [3.05, 3.63) is 29.8 Å². The summed E-state index contributed by atoms with van der Waals surface area (Å²) >= 11 is 0. The molecule has 2 aliphatic rings. The molecule has 0 amide bonds. The van der Waals surface area contributed by atoms with E-state index in [-0.39, 0.29) is 24.8 Å². The van der Waals surface area contributed by atoms with Crippen LogP contribution < -0.4 is 4.74 Å². The highest BCUT2D eigenvalue weighted by Crippen LogP contribution is 2.39. The molecule has 0 N–H and O–H groups in total. The van der Waals surface area contributed by atoms with Crippen LogP contribution in [0.5, 0.6) is 5.75 Å². The van der Waals surface area contributed by atoms with Gasteiger partial charge in [0.1, 0.15) is 5.75 Å². The molecule has 26 heavy (non-hydrogen) atoms. The summed E-state index contributed by atoms with van der Waals surface area (Å²) < 4.78 is 10.9. The molecule has 0 saturated carbocycles. The molecule has 6 heteroatoms. The van der Waals surface area contributed by atoms with Crippen molar-refractivity contribution in [2.75, 3.05) is 59.6 Å². The van der Waals surface area contributed by atoms with Crippen molar-refractivity contribution >= 4 is 24.8 Å². The summed E-state index contributed by atoms with van der Waals surface area (Å²) in [6.07, 6.45) is 3.75. The van der Waals surface area contributed by atoms with Gasteiger partial charge in [-0.15, -0.1) is 24.8 Å². The second kappa shape index (κ2) is 11.4. The Morgan fingerprint density at radius 1 is 1.08 bits per heavy atom. The Morgan fingerprint density at radius 2 is 1.81 bits per heavy atom. The molecule has 1 unspecified atom stereocenters. The zero-order valence-corrected chi connectivity index (χ0v) is 17.7. The summed E-state index contributed by atoms with van der Waals surface area (Å²) in [7, 11) is 1.76.